The monoisotopic (exact) mass is 475 g/mol. The molecule has 8 heteroatoms. The maximum atomic E-state index is 13.3. The Morgan fingerprint density at radius 1 is 1.18 bits per heavy atom. The molecule has 4 heterocycles. The first-order chi connectivity index (χ1) is 16.6. The van der Waals surface area contributed by atoms with E-state index in [1.807, 2.05) is 41.9 Å². The molecule has 4 aromatic rings. The molecule has 1 aliphatic rings. The molecule has 34 heavy (non-hydrogen) atoms. The van der Waals surface area contributed by atoms with Crippen molar-refractivity contribution >= 4 is 28.3 Å². The summed E-state index contributed by atoms with van der Waals surface area (Å²) in [6.07, 6.45) is 3.61. The molecular formula is C26H29N5O2S. The lowest BCUT2D eigenvalue weighted by Crippen LogP contribution is -2.44. The van der Waals surface area contributed by atoms with Crippen molar-refractivity contribution in [2.75, 3.05) is 20.2 Å². The molecule has 0 spiro atoms. The van der Waals surface area contributed by atoms with Crippen LogP contribution in [-0.4, -0.2) is 51.8 Å². The van der Waals surface area contributed by atoms with Crippen molar-refractivity contribution in [2.24, 2.45) is 0 Å². The van der Waals surface area contributed by atoms with Crippen molar-refractivity contribution in [1.29, 1.82) is 0 Å². The predicted octanol–water partition coefficient (Wildman–Crippen LogP) is 4.25. The fourth-order valence-corrected chi connectivity index (χ4v) is 5.29. The average Bonchev–Trinajstić information content (AvgIpc) is 3.51. The Bertz CT molecular complexity index is 1280. The van der Waals surface area contributed by atoms with Gasteiger partial charge in [0.2, 0.25) is 0 Å². The van der Waals surface area contributed by atoms with Gasteiger partial charge in [0.25, 0.3) is 5.91 Å². The van der Waals surface area contributed by atoms with Crippen LogP contribution in [0.2, 0.25) is 0 Å². The third kappa shape index (κ3) is 4.83. The van der Waals surface area contributed by atoms with Crippen molar-refractivity contribution in [3.05, 3.63) is 75.7 Å². The lowest BCUT2D eigenvalue weighted by Gasteiger charge is -2.32. The second kappa shape index (κ2) is 9.95. The van der Waals surface area contributed by atoms with E-state index in [9.17, 15) is 4.79 Å². The number of likely N-dealkylation sites (tertiary alicyclic amines) is 1. The minimum absolute atomic E-state index is 0.0469. The molecule has 0 saturated carbocycles. The predicted molar refractivity (Wildman–Crippen MR) is 134 cm³/mol. The van der Waals surface area contributed by atoms with Gasteiger partial charge in [0.15, 0.2) is 5.65 Å². The van der Waals surface area contributed by atoms with E-state index in [0.29, 0.717) is 12.1 Å². The van der Waals surface area contributed by atoms with E-state index in [2.05, 4.69) is 37.8 Å². The smallest absolute Gasteiger partial charge is 0.252 e. The number of hydrogen-bond donors (Lipinski definition) is 1. The Morgan fingerprint density at radius 2 is 2.00 bits per heavy atom. The van der Waals surface area contributed by atoms with E-state index in [4.69, 9.17) is 4.74 Å². The summed E-state index contributed by atoms with van der Waals surface area (Å²) in [7, 11) is 1.71. The lowest BCUT2D eigenvalue weighted by molar-refractivity contribution is 0.0910. The molecule has 5 rings (SSSR count). The van der Waals surface area contributed by atoms with Crippen LogP contribution in [0.4, 0.5) is 0 Å². The maximum Gasteiger partial charge on any atom is 0.252 e. The molecule has 1 aliphatic heterocycles. The van der Waals surface area contributed by atoms with Gasteiger partial charge in [-0.05, 0) is 43.3 Å². The number of carbonyl (C=O) groups is 1. The lowest BCUT2D eigenvalue weighted by atomic mass is 10.0. The Morgan fingerprint density at radius 3 is 2.76 bits per heavy atom. The van der Waals surface area contributed by atoms with Crippen LogP contribution in [-0.2, 0) is 13.1 Å². The summed E-state index contributed by atoms with van der Waals surface area (Å²) in [6, 6.07) is 14.3. The quantitative estimate of drug-likeness (QED) is 0.433. The molecule has 0 unspecified atom stereocenters. The van der Waals surface area contributed by atoms with Gasteiger partial charge in [0, 0.05) is 41.8 Å². The summed E-state index contributed by atoms with van der Waals surface area (Å²) in [4.78, 5) is 21.6. The Kier molecular flexibility index (Phi) is 6.60. The maximum absolute atomic E-state index is 13.3. The summed E-state index contributed by atoms with van der Waals surface area (Å²) < 4.78 is 7.37. The van der Waals surface area contributed by atoms with Gasteiger partial charge in [-0.15, -0.1) is 11.3 Å². The summed E-state index contributed by atoms with van der Waals surface area (Å²) >= 11 is 1.69. The third-order valence-corrected chi connectivity index (χ3v) is 7.24. The number of aryl methyl sites for hydroxylation is 1. The molecule has 7 nitrogen and oxygen atoms in total. The number of carbonyl (C=O) groups excluding carboxylic acids is 1. The van der Waals surface area contributed by atoms with Gasteiger partial charge in [-0.25, -0.2) is 9.67 Å². The van der Waals surface area contributed by atoms with Crippen LogP contribution < -0.4 is 10.1 Å². The van der Waals surface area contributed by atoms with Crippen molar-refractivity contribution < 1.29 is 9.53 Å². The van der Waals surface area contributed by atoms with Crippen molar-refractivity contribution in [3.63, 3.8) is 0 Å². The van der Waals surface area contributed by atoms with Crippen LogP contribution in [0.15, 0.2) is 54.0 Å². The molecule has 176 valence electrons. The highest BCUT2D eigenvalue weighted by Crippen LogP contribution is 2.23. The van der Waals surface area contributed by atoms with Crippen molar-refractivity contribution in [1.82, 2.24) is 25.0 Å². The number of amides is 1. The van der Waals surface area contributed by atoms with Gasteiger partial charge >= 0.3 is 0 Å². The molecule has 0 radical (unpaired) electrons. The highest BCUT2D eigenvalue weighted by atomic mass is 32.1. The minimum atomic E-state index is -0.0469. The summed E-state index contributed by atoms with van der Waals surface area (Å²) in [5, 5.41) is 10.6. The number of piperidine rings is 1. The Balaban J connectivity index is 1.24. The molecule has 1 N–H and O–H groups in total. The number of para-hydroxylation sites is 1. The number of thiophene rings is 1. The molecule has 1 amide bonds. The summed E-state index contributed by atoms with van der Waals surface area (Å²) in [5.74, 6) is 0.879. The van der Waals surface area contributed by atoms with Gasteiger partial charge in [-0.3, -0.25) is 9.69 Å². The highest BCUT2D eigenvalue weighted by molar-refractivity contribution is 7.09. The average molecular weight is 476 g/mol. The molecule has 1 saturated heterocycles. The number of pyridine rings is 1. The number of nitrogens with one attached hydrogen (secondary N) is 1. The normalized spacial score (nSPS) is 15.0. The van der Waals surface area contributed by atoms with Crippen LogP contribution in [0.5, 0.6) is 5.75 Å². The fraction of sp³-hybridized carbons (Fsp3) is 0.346. The molecule has 1 fully saturated rings. The van der Waals surface area contributed by atoms with Gasteiger partial charge in [0.1, 0.15) is 5.75 Å². The fourth-order valence-electron chi connectivity index (χ4n) is 4.60. The summed E-state index contributed by atoms with van der Waals surface area (Å²) in [6.45, 7) is 5.32. The zero-order valence-electron chi connectivity index (χ0n) is 19.5. The van der Waals surface area contributed by atoms with Crippen LogP contribution in [0.25, 0.3) is 11.0 Å². The minimum Gasteiger partial charge on any atom is -0.496 e. The zero-order valence-corrected chi connectivity index (χ0v) is 20.3. The summed E-state index contributed by atoms with van der Waals surface area (Å²) in [5.41, 5.74) is 3.42. The molecule has 0 aliphatic carbocycles. The van der Waals surface area contributed by atoms with Gasteiger partial charge < -0.3 is 10.1 Å². The molecule has 0 bridgehead atoms. The van der Waals surface area contributed by atoms with E-state index in [1.165, 1.54) is 10.4 Å². The SMILES string of the molecule is COc1ccccc1CN1CCC(NC(=O)c2cc(C)nc3c2cnn3Cc2cccs2)CC1. The van der Waals surface area contributed by atoms with E-state index in [1.54, 1.807) is 24.6 Å². The molecule has 0 atom stereocenters. The van der Waals surface area contributed by atoms with Gasteiger partial charge in [-0.2, -0.15) is 5.10 Å². The topological polar surface area (TPSA) is 72.3 Å². The second-order valence-electron chi connectivity index (χ2n) is 8.77. The molecule has 3 aromatic heterocycles. The Hall–Kier alpha value is -3.23. The van der Waals surface area contributed by atoms with Crippen LogP contribution in [0.1, 0.15) is 39.3 Å². The van der Waals surface area contributed by atoms with Gasteiger partial charge in [0.05, 0.1) is 30.8 Å². The number of ether oxygens (including phenoxy) is 1. The van der Waals surface area contributed by atoms with E-state index < -0.39 is 0 Å². The highest BCUT2D eigenvalue weighted by Gasteiger charge is 2.23. The second-order valence-corrected chi connectivity index (χ2v) is 9.80. The van der Waals surface area contributed by atoms with Gasteiger partial charge in [-0.1, -0.05) is 24.3 Å². The standard InChI is InChI=1S/C26H29N5O2S/c1-18-14-22(23-15-27-31(25(23)28-18)17-21-7-5-13-34-21)26(32)29-20-9-11-30(12-10-20)16-19-6-3-4-8-24(19)33-2/h3-8,13-15,20H,9-12,16-17H2,1-2H3,(H,29,32). The number of nitrogens with zero attached hydrogens (tertiary/aromatic N) is 4. The van der Waals surface area contributed by atoms with Crippen LogP contribution >= 0.6 is 11.3 Å². The number of methoxy groups -OCH3 is 1. The number of fused-ring (bicyclic) bond motifs is 1. The first-order valence-corrected chi connectivity index (χ1v) is 12.5. The van der Waals surface area contributed by atoms with E-state index in [-0.39, 0.29) is 11.9 Å². The van der Waals surface area contributed by atoms with Crippen LogP contribution in [0, 0.1) is 6.92 Å². The number of rotatable bonds is 7. The van der Waals surface area contributed by atoms with E-state index >= 15 is 0 Å². The van der Waals surface area contributed by atoms with E-state index in [0.717, 1.165) is 55.0 Å². The number of benzene rings is 1. The number of hydrogen-bond acceptors (Lipinski definition) is 6. The van der Waals surface area contributed by atoms with Crippen LogP contribution in [0.3, 0.4) is 0 Å². The largest absolute Gasteiger partial charge is 0.496 e. The number of aromatic nitrogens is 3. The van der Waals surface area contributed by atoms with Crippen molar-refractivity contribution in [3.8, 4) is 5.75 Å². The first-order valence-electron chi connectivity index (χ1n) is 11.6. The first kappa shape index (κ1) is 22.6. The third-order valence-electron chi connectivity index (χ3n) is 6.38. The molecular weight excluding hydrogens is 446 g/mol. The molecule has 1 aromatic carbocycles. The van der Waals surface area contributed by atoms with Crippen molar-refractivity contribution in [2.45, 2.75) is 38.9 Å². The Labute approximate surface area is 203 Å². The zero-order chi connectivity index (χ0) is 23.5.